The van der Waals surface area contributed by atoms with E-state index in [0.29, 0.717) is 37.4 Å². The number of anilines is 3. The monoisotopic (exact) mass is 296 g/mol. The average molecular weight is 296 g/mol. The van der Waals surface area contributed by atoms with Crippen molar-refractivity contribution in [1.29, 1.82) is 0 Å². The van der Waals surface area contributed by atoms with Crippen LogP contribution in [0.15, 0.2) is 36.9 Å². The summed E-state index contributed by atoms with van der Waals surface area (Å²) in [4.78, 5) is 23.0. The van der Waals surface area contributed by atoms with Crippen LogP contribution in [0.3, 0.4) is 0 Å². The highest BCUT2D eigenvalue weighted by Gasteiger charge is 2.52. The van der Waals surface area contributed by atoms with Gasteiger partial charge in [-0.3, -0.25) is 9.69 Å². The molecule has 3 heterocycles. The van der Waals surface area contributed by atoms with Gasteiger partial charge in [0.1, 0.15) is 6.33 Å². The highest BCUT2D eigenvalue weighted by molar-refractivity contribution is 6.13. The Morgan fingerprint density at radius 2 is 1.91 bits per heavy atom. The molecule has 0 radical (unpaired) electrons. The Kier molecular flexibility index (Phi) is 2.87. The molecule has 0 bridgehead atoms. The summed E-state index contributed by atoms with van der Waals surface area (Å²) in [5.41, 5.74) is 8.64. The fourth-order valence-electron chi connectivity index (χ4n) is 3.44. The standard InChI is InChI=1S/C16H16N4O2/c17-11-1-2-14-13(7-11)16(3-5-22-6-4-16)15(21)20(14)12-8-18-10-19-9-12/h1-2,7-10H,3-6,17H2. The molecule has 1 fully saturated rings. The SMILES string of the molecule is Nc1ccc2c(c1)C1(CCOCC1)C(=O)N2c1cncnc1. The molecule has 2 aliphatic heterocycles. The third kappa shape index (κ3) is 1.74. The molecule has 112 valence electrons. The summed E-state index contributed by atoms with van der Waals surface area (Å²) in [6.07, 6.45) is 6.11. The van der Waals surface area contributed by atoms with Crippen LogP contribution in [0, 0.1) is 0 Å². The van der Waals surface area contributed by atoms with E-state index in [9.17, 15) is 4.79 Å². The summed E-state index contributed by atoms with van der Waals surface area (Å²) in [6, 6.07) is 5.64. The van der Waals surface area contributed by atoms with E-state index < -0.39 is 5.41 Å². The zero-order chi connectivity index (χ0) is 15.2. The Morgan fingerprint density at radius 3 is 2.64 bits per heavy atom. The van der Waals surface area contributed by atoms with Gasteiger partial charge < -0.3 is 10.5 Å². The lowest BCUT2D eigenvalue weighted by Gasteiger charge is -2.32. The van der Waals surface area contributed by atoms with Gasteiger partial charge in [0, 0.05) is 18.9 Å². The quantitative estimate of drug-likeness (QED) is 0.811. The molecule has 6 heteroatoms. The molecular formula is C16H16N4O2. The van der Waals surface area contributed by atoms with Crippen LogP contribution in [0.4, 0.5) is 17.1 Å². The number of carbonyl (C=O) groups excluding carboxylic acids is 1. The van der Waals surface area contributed by atoms with Crippen molar-refractivity contribution in [2.24, 2.45) is 0 Å². The smallest absolute Gasteiger partial charge is 0.242 e. The first-order valence-electron chi connectivity index (χ1n) is 7.30. The summed E-state index contributed by atoms with van der Waals surface area (Å²) in [5.74, 6) is 0.0613. The van der Waals surface area contributed by atoms with Gasteiger partial charge in [-0.25, -0.2) is 9.97 Å². The summed E-state index contributed by atoms with van der Waals surface area (Å²) in [5, 5.41) is 0. The lowest BCUT2D eigenvalue weighted by atomic mass is 9.75. The first kappa shape index (κ1) is 13.2. The second kappa shape index (κ2) is 4.78. The number of benzene rings is 1. The van der Waals surface area contributed by atoms with E-state index >= 15 is 0 Å². The van der Waals surface area contributed by atoms with Crippen LogP contribution in [0.1, 0.15) is 18.4 Å². The predicted octanol–water partition coefficient (Wildman–Crippen LogP) is 1.79. The van der Waals surface area contributed by atoms with Crippen molar-refractivity contribution in [2.45, 2.75) is 18.3 Å². The molecule has 1 aromatic heterocycles. The van der Waals surface area contributed by atoms with Crippen LogP contribution in [0.25, 0.3) is 0 Å². The minimum absolute atomic E-state index is 0.0613. The number of fused-ring (bicyclic) bond motifs is 2. The molecular weight excluding hydrogens is 280 g/mol. The minimum Gasteiger partial charge on any atom is -0.399 e. The van der Waals surface area contributed by atoms with Crippen molar-refractivity contribution in [2.75, 3.05) is 23.8 Å². The van der Waals surface area contributed by atoms with Crippen LogP contribution < -0.4 is 10.6 Å². The van der Waals surface area contributed by atoms with Crippen molar-refractivity contribution < 1.29 is 9.53 Å². The van der Waals surface area contributed by atoms with Gasteiger partial charge in [-0.1, -0.05) is 0 Å². The van der Waals surface area contributed by atoms with E-state index in [-0.39, 0.29) is 5.91 Å². The summed E-state index contributed by atoms with van der Waals surface area (Å²) < 4.78 is 5.46. The number of ether oxygens (including phenoxy) is 1. The Bertz CT molecular complexity index is 726. The topological polar surface area (TPSA) is 81.3 Å². The third-order valence-electron chi connectivity index (χ3n) is 4.54. The van der Waals surface area contributed by atoms with Gasteiger partial charge in [-0.05, 0) is 36.6 Å². The van der Waals surface area contributed by atoms with Crippen LogP contribution in [-0.4, -0.2) is 29.1 Å². The van der Waals surface area contributed by atoms with E-state index in [2.05, 4.69) is 9.97 Å². The number of amides is 1. The second-order valence-electron chi connectivity index (χ2n) is 5.71. The van der Waals surface area contributed by atoms with E-state index in [4.69, 9.17) is 10.5 Å². The summed E-state index contributed by atoms with van der Waals surface area (Å²) >= 11 is 0. The third-order valence-corrected chi connectivity index (χ3v) is 4.54. The molecule has 1 saturated heterocycles. The zero-order valence-corrected chi connectivity index (χ0v) is 12.0. The van der Waals surface area contributed by atoms with Gasteiger partial charge in [-0.2, -0.15) is 0 Å². The van der Waals surface area contributed by atoms with Crippen molar-refractivity contribution in [3.63, 3.8) is 0 Å². The number of hydrogen-bond donors (Lipinski definition) is 1. The van der Waals surface area contributed by atoms with Gasteiger partial charge in [-0.15, -0.1) is 0 Å². The Balaban J connectivity index is 1.91. The molecule has 6 nitrogen and oxygen atoms in total. The number of nitrogens with zero attached hydrogens (tertiary/aromatic N) is 3. The normalized spacial score (nSPS) is 19.5. The highest BCUT2D eigenvalue weighted by Crippen LogP contribution is 2.50. The van der Waals surface area contributed by atoms with Crippen molar-refractivity contribution in [3.05, 3.63) is 42.5 Å². The molecule has 2 N–H and O–H groups in total. The van der Waals surface area contributed by atoms with Crippen LogP contribution >= 0.6 is 0 Å². The van der Waals surface area contributed by atoms with Crippen molar-refractivity contribution >= 4 is 23.0 Å². The summed E-state index contributed by atoms with van der Waals surface area (Å²) in [7, 11) is 0. The van der Waals surface area contributed by atoms with E-state index in [1.165, 1.54) is 6.33 Å². The molecule has 4 rings (SSSR count). The average Bonchev–Trinajstić information content (AvgIpc) is 2.78. The van der Waals surface area contributed by atoms with E-state index in [1.807, 2.05) is 18.2 Å². The number of rotatable bonds is 1. The fraction of sp³-hybridized carbons (Fsp3) is 0.312. The number of aromatic nitrogens is 2. The zero-order valence-electron chi connectivity index (χ0n) is 12.0. The van der Waals surface area contributed by atoms with E-state index in [0.717, 1.165) is 11.3 Å². The first-order chi connectivity index (χ1) is 10.7. The molecule has 0 saturated carbocycles. The van der Waals surface area contributed by atoms with Crippen LogP contribution in [-0.2, 0) is 14.9 Å². The first-order valence-corrected chi connectivity index (χ1v) is 7.30. The largest absolute Gasteiger partial charge is 0.399 e. The molecule has 0 atom stereocenters. The highest BCUT2D eigenvalue weighted by atomic mass is 16.5. The number of nitrogen functional groups attached to an aromatic ring is 1. The molecule has 0 aliphatic carbocycles. The molecule has 2 aliphatic rings. The van der Waals surface area contributed by atoms with Crippen molar-refractivity contribution in [1.82, 2.24) is 9.97 Å². The molecule has 1 amide bonds. The summed E-state index contributed by atoms with van der Waals surface area (Å²) in [6.45, 7) is 1.16. The molecule has 22 heavy (non-hydrogen) atoms. The van der Waals surface area contributed by atoms with Crippen LogP contribution in [0.2, 0.25) is 0 Å². The molecule has 1 aromatic carbocycles. The van der Waals surface area contributed by atoms with Gasteiger partial charge in [0.25, 0.3) is 0 Å². The molecule has 0 unspecified atom stereocenters. The number of nitrogens with two attached hydrogens (primary N) is 1. The number of hydrogen-bond acceptors (Lipinski definition) is 5. The predicted molar refractivity (Wildman–Crippen MR) is 81.8 cm³/mol. The Hall–Kier alpha value is -2.47. The Morgan fingerprint density at radius 1 is 1.18 bits per heavy atom. The van der Waals surface area contributed by atoms with Gasteiger partial charge in [0.05, 0.1) is 29.2 Å². The Labute approximate surface area is 127 Å². The van der Waals surface area contributed by atoms with E-state index in [1.54, 1.807) is 17.3 Å². The fourth-order valence-corrected chi connectivity index (χ4v) is 3.44. The number of carbonyl (C=O) groups is 1. The van der Waals surface area contributed by atoms with Gasteiger partial charge in [0.15, 0.2) is 0 Å². The second-order valence-corrected chi connectivity index (χ2v) is 5.71. The maximum atomic E-state index is 13.2. The van der Waals surface area contributed by atoms with Gasteiger partial charge >= 0.3 is 0 Å². The van der Waals surface area contributed by atoms with Gasteiger partial charge in [0.2, 0.25) is 5.91 Å². The van der Waals surface area contributed by atoms with Crippen LogP contribution in [0.5, 0.6) is 0 Å². The van der Waals surface area contributed by atoms with Crippen molar-refractivity contribution in [3.8, 4) is 0 Å². The maximum Gasteiger partial charge on any atom is 0.242 e. The maximum absolute atomic E-state index is 13.2. The molecule has 2 aromatic rings. The minimum atomic E-state index is -0.543. The lowest BCUT2D eigenvalue weighted by Crippen LogP contribution is -2.42. The lowest BCUT2D eigenvalue weighted by molar-refractivity contribution is -0.125. The molecule has 1 spiro atoms.